The third kappa shape index (κ3) is 5.33. The first-order valence-corrected chi connectivity index (χ1v) is 13.9. The number of nitrogens with zero attached hydrogens (tertiary/aromatic N) is 6. The lowest BCUT2D eigenvalue weighted by atomic mass is 9.96. The minimum Gasteiger partial charge on any atom is -0.383 e. The van der Waals surface area contributed by atoms with E-state index < -0.39 is 12.0 Å². The lowest BCUT2D eigenvalue weighted by Gasteiger charge is -2.23. The molecule has 1 aromatic carbocycles. The molecule has 40 heavy (non-hydrogen) atoms. The van der Waals surface area contributed by atoms with Gasteiger partial charge >= 0.3 is 0 Å². The summed E-state index contributed by atoms with van der Waals surface area (Å²) in [6, 6.07) is 8.57. The number of fused-ring (bicyclic) bond motifs is 1. The SMILES string of the molecule is Cc1nc(F)ccc1C(Nc1cc(Cl)c2ncc(C#N)c(NCC(C)(C)C)c2c1)c1cn(C2(C(C)C)CC2)nn1. The third-order valence-electron chi connectivity index (χ3n) is 7.66. The maximum Gasteiger partial charge on any atom is 0.213 e. The van der Waals surface area contributed by atoms with Crippen molar-refractivity contribution in [2.45, 2.75) is 66.0 Å². The fourth-order valence-electron chi connectivity index (χ4n) is 5.12. The molecule has 1 saturated carbocycles. The summed E-state index contributed by atoms with van der Waals surface area (Å²) in [5.74, 6) is -0.123. The summed E-state index contributed by atoms with van der Waals surface area (Å²) in [6.45, 7) is 13.2. The molecule has 2 N–H and O–H groups in total. The fourth-order valence-corrected chi connectivity index (χ4v) is 5.39. The predicted octanol–water partition coefficient (Wildman–Crippen LogP) is 7.00. The highest BCUT2D eigenvalue weighted by atomic mass is 35.5. The second kappa shape index (κ2) is 10.3. The largest absolute Gasteiger partial charge is 0.383 e. The van der Waals surface area contributed by atoms with Gasteiger partial charge in [-0.3, -0.25) is 4.98 Å². The molecular formula is C30H34ClFN8. The molecule has 4 aromatic rings. The monoisotopic (exact) mass is 560 g/mol. The lowest BCUT2D eigenvalue weighted by Crippen LogP contribution is -2.24. The van der Waals surface area contributed by atoms with Gasteiger partial charge in [-0.05, 0) is 49.3 Å². The van der Waals surface area contributed by atoms with E-state index in [1.807, 2.05) is 16.9 Å². The minimum absolute atomic E-state index is 0.0130. The summed E-state index contributed by atoms with van der Waals surface area (Å²) in [4.78, 5) is 8.54. The van der Waals surface area contributed by atoms with Crippen LogP contribution in [0.4, 0.5) is 15.8 Å². The van der Waals surface area contributed by atoms with Gasteiger partial charge in [-0.15, -0.1) is 5.10 Å². The van der Waals surface area contributed by atoms with Crippen LogP contribution in [0.3, 0.4) is 0 Å². The number of benzene rings is 1. The van der Waals surface area contributed by atoms with Crippen LogP contribution >= 0.6 is 11.6 Å². The number of nitrogens with one attached hydrogen (secondary N) is 2. The van der Waals surface area contributed by atoms with E-state index in [2.05, 4.69) is 71.6 Å². The van der Waals surface area contributed by atoms with Gasteiger partial charge in [0.2, 0.25) is 5.95 Å². The molecule has 3 aromatic heterocycles. The number of anilines is 2. The lowest BCUT2D eigenvalue weighted by molar-refractivity contribution is 0.313. The molecule has 0 bridgehead atoms. The van der Waals surface area contributed by atoms with Crippen molar-refractivity contribution in [3.8, 4) is 6.07 Å². The van der Waals surface area contributed by atoms with Gasteiger partial charge in [-0.2, -0.15) is 9.65 Å². The van der Waals surface area contributed by atoms with Gasteiger partial charge < -0.3 is 10.6 Å². The third-order valence-corrected chi connectivity index (χ3v) is 7.94. The van der Waals surface area contributed by atoms with E-state index in [-0.39, 0.29) is 11.0 Å². The quantitative estimate of drug-likeness (QED) is 0.223. The van der Waals surface area contributed by atoms with Crippen LogP contribution in [0, 0.1) is 35.5 Å². The Kier molecular flexibility index (Phi) is 7.17. The first kappa shape index (κ1) is 27.8. The zero-order valence-electron chi connectivity index (χ0n) is 23.7. The van der Waals surface area contributed by atoms with Crippen molar-refractivity contribution in [2.75, 3.05) is 17.2 Å². The standard InChI is InChI=1S/C30H34ClFN8/c1-17(2)30(9-10-30)40-15-24(38-39-40)28(21-7-8-25(32)36-18(21)3)37-20-11-22-26(35-16-29(4,5)6)19(13-33)14-34-27(22)23(31)12-20/h7-8,11-12,14-15,17,28,37H,9-10,16H2,1-6H3,(H,34,35). The van der Waals surface area contributed by atoms with Gasteiger partial charge in [0.15, 0.2) is 0 Å². The summed E-state index contributed by atoms with van der Waals surface area (Å²) in [5, 5.41) is 27.1. The molecule has 1 atom stereocenters. The average Bonchev–Trinajstić information content (AvgIpc) is 3.56. The Morgan fingerprint density at radius 1 is 1.23 bits per heavy atom. The van der Waals surface area contributed by atoms with E-state index in [0.717, 1.165) is 23.8 Å². The van der Waals surface area contributed by atoms with Crippen molar-refractivity contribution in [1.29, 1.82) is 5.26 Å². The number of hydrogen-bond acceptors (Lipinski definition) is 7. The van der Waals surface area contributed by atoms with E-state index in [4.69, 9.17) is 11.6 Å². The number of hydrogen-bond donors (Lipinski definition) is 2. The first-order valence-electron chi connectivity index (χ1n) is 13.5. The van der Waals surface area contributed by atoms with Crippen molar-refractivity contribution in [3.05, 3.63) is 70.1 Å². The number of pyridine rings is 2. The van der Waals surface area contributed by atoms with Crippen LogP contribution in [0.2, 0.25) is 5.02 Å². The number of rotatable bonds is 8. The molecule has 208 valence electrons. The van der Waals surface area contributed by atoms with E-state index in [1.54, 1.807) is 25.3 Å². The van der Waals surface area contributed by atoms with Gasteiger partial charge in [-0.1, -0.05) is 57.5 Å². The molecule has 1 fully saturated rings. The maximum absolute atomic E-state index is 14.0. The van der Waals surface area contributed by atoms with Crippen molar-refractivity contribution in [1.82, 2.24) is 25.0 Å². The van der Waals surface area contributed by atoms with Crippen LogP contribution in [0.15, 0.2) is 36.7 Å². The highest BCUT2D eigenvalue weighted by molar-refractivity contribution is 6.35. The number of halogens is 2. The molecule has 1 aliphatic carbocycles. The van der Waals surface area contributed by atoms with Gasteiger partial charge in [0.25, 0.3) is 0 Å². The van der Waals surface area contributed by atoms with Crippen molar-refractivity contribution in [2.24, 2.45) is 11.3 Å². The molecule has 0 amide bonds. The van der Waals surface area contributed by atoms with Gasteiger partial charge in [0.1, 0.15) is 11.8 Å². The summed E-state index contributed by atoms with van der Waals surface area (Å²) < 4.78 is 15.9. The fraction of sp³-hybridized carbons (Fsp3) is 0.433. The Hall–Kier alpha value is -3.77. The second-order valence-corrected chi connectivity index (χ2v) is 12.6. The van der Waals surface area contributed by atoms with Crippen LogP contribution in [0.25, 0.3) is 10.9 Å². The molecule has 1 unspecified atom stereocenters. The zero-order valence-corrected chi connectivity index (χ0v) is 24.4. The topological polar surface area (TPSA) is 104 Å². The number of nitriles is 1. The van der Waals surface area contributed by atoms with E-state index in [0.29, 0.717) is 51.3 Å². The van der Waals surface area contributed by atoms with E-state index >= 15 is 0 Å². The van der Waals surface area contributed by atoms with Crippen molar-refractivity contribution < 1.29 is 4.39 Å². The Labute approximate surface area is 239 Å². The molecule has 0 saturated heterocycles. The summed E-state index contributed by atoms with van der Waals surface area (Å²) in [7, 11) is 0. The molecule has 0 aliphatic heterocycles. The molecule has 10 heteroatoms. The highest BCUT2D eigenvalue weighted by Crippen LogP contribution is 2.49. The normalized spacial score (nSPS) is 15.2. The molecular weight excluding hydrogens is 527 g/mol. The van der Waals surface area contributed by atoms with Crippen LogP contribution < -0.4 is 10.6 Å². The van der Waals surface area contributed by atoms with Crippen molar-refractivity contribution in [3.63, 3.8) is 0 Å². The molecule has 0 radical (unpaired) electrons. The maximum atomic E-state index is 14.0. The van der Waals surface area contributed by atoms with Gasteiger partial charge in [0.05, 0.1) is 39.6 Å². The number of aromatic nitrogens is 5. The van der Waals surface area contributed by atoms with Crippen molar-refractivity contribution >= 4 is 33.9 Å². The molecule has 1 aliphatic rings. The first-order chi connectivity index (χ1) is 18.9. The van der Waals surface area contributed by atoms with Gasteiger partial charge in [-0.25, -0.2) is 9.67 Å². The van der Waals surface area contributed by atoms with Crippen LogP contribution in [-0.4, -0.2) is 31.5 Å². The molecule has 8 nitrogen and oxygen atoms in total. The Balaban J connectivity index is 1.60. The highest BCUT2D eigenvalue weighted by Gasteiger charge is 2.48. The summed E-state index contributed by atoms with van der Waals surface area (Å²) in [6.07, 6.45) is 5.63. The molecule has 3 heterocycles. The van der Waals surface area contributed by atoms with Crippen LogP contribution in [-0.2, 0) is 5.54 Å². The summed E-state index contributed by atoms with van der Waals surface area (Å²) >= 11 is 6.75. The van der Waals surface area contributed by atoms with Crippen LogP contribution in [0.5, 0.6) is 0 Å². The van der Waals surface area contributed by atoms with E-state index in [9.17, 15) is 9.65 Å². The minimum atomic E-state index is -0.543. The van der Waals surface area contributed by atoms with E-state index in [1.165, 1.54) is 6.07 Å². The smallest absolute Gasteiger partial charge is 0.213 e. The zero-order chi connectivity index (χ0) is 28.8. The van der Waals surface area contributed by atoms with Crippen LogP contribution in [0.1, 0.15) is 76.0 Å². The summed E-state index contributed by atoms with van der Waals surface area (Å²) in [5.41, 5.74) is 4.38. The second-order valence-electron chi connectivity index (χ2n) is 12.2. The number of aryl methyl sites for hydroxylation is 1. The molecule has 0 spiro atoms. The Morgan fingerprint density at radius 3 is 2.60 bits per heavy atom. The predicted molar refractivity (Wildman–Crippen MR) is 156 cm³/mol. The average molecular weight is 561 g/mol. The Morgan fingerprint density at radius 2 is 1.98 bits per heavy atom. The Bertz CT molecular complexity index is 1610. The molecule has 5 rings (SSSR count). The van der Waals surface area contributed by atoms with Gasteiger partial charge in [0, 0.05) is 35.1 Å².